The Balaban J connectivity index is 2.00. The Morgan fingerprint density at radius 2 is 1.75 bits per heavy atom. The molecule has 1 aliphatic heterocycles. The lowest BCUT2D eigenvalue weighted by atomic mass is 10.9. The SMILES string of the molecule is C1CSCCO[Si]O1. The predicted molar refractivity (Wildman–Crippen MR) is 35.0 cm³/mol. The van der Waals surface area contributed by atoms with Crippen LogP contribution in [0.5, 0.6) is 0 Å². The smallest absolute Gasteiger partial charge is 0.392 e. The summed E-state index contributed by atoms with van der Waals surface area (Å²) in [4.78, 5) is 0. The first-order valence-corrected chi connectivity index (χ1v) is 4.53. The van der Waals surface area contributed by atoms with E-state index in [-0.39, 0.29) is 10.0 Å². The molecule has 1 heterocycles. The van der Waals surface area contributed by atoms with Gasteiger partial charge in [-0.3, -0.25) is 0 Å². The third-order valence-electron chi connectivity index (χ3n) is 0.777. The second-order valence-corrected chi connectivity index (χ2v) is 3.36. The molecule has 0 N–H and O–H groups in total. The molecule has 2 nitrogen and oxygen atoms in total. The molecule has 0 amide bonds. The van der Waals surface area contributed by atoms with E-state index in [1.54, 1.807) is 0 Å². The minimum Gasteiger partial charge on any atom is -0.392 e. The van der Waals surface area contributed by atoms with Crippen LogP contribution in [-0.4, -0.2) is 34.7 Å². The summed E-state index contributed by atoms with van der Waals surface area (Å²) < 4.78 is 10.1. The highest BCUT2D eigenvalue weighted by Crippen LogP contribution is 2.00. The van der Waals surface area contributed by atoms with Crippen LogP contribution in [0.4, 0.5) is 0 Å². The van der Waals surface area contributed by atoms with Crippen molar-refractivity contribution in [2.75, 3.05) is 24.7 Å². The molecular formula is C4H8O2SSi. The fourth-order valence-electron chi connectivity index (χ4n) is 0.428. The van der Waals surface area contributed by atoms with Gasteiger partial charge < -0.3 is 8.85 Å². The topological polar surface area (TPSA) is 18.5 Å². The third kappa shape index (κ3) is 2.71. The highest BCUT2D eigenvalue weighted by atomic mass is 32.2. The van der Waals surface area contributed by atoms with Gasteiger partial charge in [0.15, 0.2) is 0 Å². The molecular weight excluding hydrogens is 140 g/mol. The van der Waals surface area contributed by atoms with Gasteiger partial charge in [0.25, 0.3) is 0 Å². The highest BCUT2D eigenvalue weighted by Gasteiger charge is 1.98. The van der Waals surface area contributed by atoms with Crippen LogP contribution in [0.3, 0.4) is 0 Å². The van der Waals surface area contributed by atoms with Gasteiger partial charge >= 0.3 is 10.0 Å². The Kier molecular flexibility index (Phi) is 3.61. The molecule has 0 spiro atoms. The van der Waals surface area contributed by atoms with Gasteiger partial charge in [0.05, 0.1) is 0 Å². The van der Waals surface area contributed by atoms with Gasteiger partial charge in [0.2, 0.25) is 0 Å². The van der Waals surface area contributed by atoms with Crippen LogP contribution in [0.1, 0.15) is 0 Å². The first-order chi connectivity index (χ1) is 4.00. The lowest BCUT2D eigenvalue weighted by molar-refractivity contribution is 0.240. The summed E-state index contributed by atoms with van der Waals surface area (Å²) in [5.41, 5.74) is 0. The summed E-state index contributed by atoms with van der Waals surface area (Å²) in [6.07, 6.45) is 0. The van der Waals surface area contributed by atoms with Crippen molar-refractivity contribution in [3.05, 3.63) is 0 Å². The second-order valence-electron chi connectivity index (χ2n) is 1.39. The van der Waals surface area contributed by atoms with Crippen molar-refractivity contribution in [1.82, 2.24) is 0 Å². The Morgan fingerprint density at radius 3 is 2.38 bits per heavy atom. The lowest BCUT2D eigenvalue weighted by Crippen LogP contribution is -2.13. The summed E-state index contributed by atoms with van der Waals surface area (Å²) in [6.45, 7) is 1.70. The van der Waals surface area contributed by atoms with Gasteiger partial charge in [0, 0.05) is 24.7 Å². The number of hydrogen-bond acceptors (Lipinski definition) is 3. The van der Waals surface area contributed by atoms with Crippen molar-refractivity contribution < 1.29 is 8.85 Å². The Bertz CT molecular complexity index is 38.0. The predicted octanol–water partition coefficient (Wildman–Crippen LogP) is 0.301. The second kappa shape index (κ2) is 4.37. The fraction of sp³-hybridized carbons (Fsp3) is 1.00. The summed E-state index contributed by atoms with van der Waals surface area (Å²) >= 11 is 1.88. The van der Waals surface area contributed by atoms with E-state index in [4.69, 9.17) is 8.85 Å². The molecule has 4 heteroatoms. The molecule has 0 aliphatic carbocycles. The summed E-state index contributed by atoms with van der Waals surface area (Å²) in [5.74, 6) is 2.24. The zero-order valence-electron chi connectivity index (χ0n) is 4.55. The van der Waals surface area contributed by atoms with Crippen LogP contribution in [0, 0.1) is 0 Å². The molecule has 46 valence electrons. The van der Waals surface area contributed by atoms with Crippen LogP contribution < -0.4 is 0 Å². The lowest BCUT2D eigenvalue weighted by Gasteiger charge is -2.07. The van der Waals surface area contributed by atoms with Crippen molar-refractivity contribution >= 4 is 21.8 Å². The van der Waals surface area contributed by atoms with Crippen LogP contribution in [0.15, 0.2) is 0 Å². The monoisotopic (exact) mass is 148 g/mol. The van der Waals surface area contributed by atoms with Gasteiger partial charge in [-0.25, -0.2) is 0 Å². The van der Waals surface area contributed by atoms with Crippen LogP contribution in [0.25, 0.3) is 0 Å². The average molecular weight is 148 g/mol. The molecule has 8 heavy (non-hydrogen) atoms. The van der Waals surface area contributed by atoms with E-state index in [1.165, 1.54) is 0 Å². The summed E-state index contributed by atoms with van der Waals surface area (Å²) in [6, 6.07) is 0. The van der Waals surface area contributed by atoms with E-state index in [0.717, 1.165) is 24.7 Å². The molecule has 0 aromatic heterocycles. The molecule has 1 saturated heterocycles. The molecule has 1 rings (SSSR count). The molecule has 0 atom stereocenters. The number of rotatable bonds is 0. The maximum atomic E-state index is 5.06. The largest absolute Gasteiger partial charge is 0.433 e. The van der Waals surface area contributed by atoms with Gasteiger partial charge in [-0.2, -0.15) is 11.8 Å². The Hall–Kier alpha value is 0.487. The Labute approximate surface area is 56.0 Å². The molecule has 0 saturated carbocycles. The van der Waals surface area contributed by atoms with E-state index in [1.807, 2.05) is 11.8 Å². The molecule has 0 aromatic carbocycles. The molecule has 0 aromatic rings. The van der Waals surface area contributed by atoms with Crippen LogP contribution >= 0.6 is 11.8 Å². The fourth-order valence-corrected chi connectivity index (χ4v) is 1.78. The standard InChI is InChI=1S/C4H8O2SSi/c1-3-7-4-2-6-8-5-1/h1-4H2. The van der Waals surface area contributed by atoms with Crippen molar-refractivity contribution in [3.63, 3.8) is 0 Å². The van der Waals surface area contributed by atoms with E-state index in [2.05, 4.69) is 0 Å². The Morgan fingerprint density at radius 1 is 1.12 bits per heavy atom. The zero-order valence-corrected chi connectivity index (χ0v) is 6.37. The molecule has 2 radical (unpaired) electrons. The normalized spacial score (nSPS) is 24.0. The average Bonchev–Trinajstić information content (AvgIpc) is 1.62. The van der Waals surface area contributed by atoms with E-state index in [0.29, 0.717) is 0 Å². The van der Waals surface area contributed by atoms with E-state index in [9.17, 15) is 0 Å². The molecule has 1 aliphatic rings. The summed E-state index contributed by atoms with van der Waals surface area (Å²) in [7, 11) is 0.277. The number of hydrogen-bond donors (Lipinski definition) is 0. The first kappa shape index (κ1) is 6.60. The van der Waals surface area contributed by atoms with Crippen LogP contribution in [0.2, 0.25) is 0 Å². The van der Waals surface area contributed by atoms with E-state index < -0.39 is 0 Å². The third-order valence-corrected chi connectivity index (χ3v) is 2.33. The van der Waals surface area contributed by atoms with Crippen molar-refractivity contribution in [3.8, 4) is 0 Å². The quantitative estimate of drug-likeness (QED) is 0.460. The molecule has 1 fully saturated rings. The molecule has 0 bridgehead atoms. The van der Waals surface area contributed by atoms with E-state index >= 15 is 0 Å². The first-order valence-electron chi connectivity index (χ1n) is 2.56. The highest BCUT2D eigenvalue weighted by molar-refractivity contribution is 7.99. The number of thioether (sulfide) groups is 1. The minimum atomic E-state index is 0.277. The van der Waals surface area contributed by atoms with Gasteiger partial charge in [0.1, 0.15) is 0 Å². The van der Waals surface area contributed by atoms with Crippen molar-refractivity contribution in [2.24, 2.45) is 0 Å². The van der Waals surface area contributed by atoms with Crippen LogP contribution in [-0.2, 0) is 8.85 Å². The maximum Gasteiger partial charge on any atom is 0.433 e. The summed E-state index contributed by atoms with van der Waals surface area (Å²) in [5, 5.41) is 0. The molecule has 0 unspecified atom stereocenters. The van der Waals surface area contributed by atoms with Crippen molar-refractivity contribution in [2.45, 2.75) is 0 Å². The van der Waals surface area contributed by atoms with Crippen molar-refractivity contribution in [1.29, 1.82) is 0 Å². The van der Waals surface area contributed by atoms with Gasteiger partial charge in [-0.1, -0.05) is 0 Å². The zero-order chi connectivity index (χ0) is 5.66. The minimum absolute atomic E-state index is 0.277. The van der Waals surface area contributed by atoms with Gasteiger partial charge in [-0.05, 0) is 0 Å². The maximum absolute atomic E-state index is 5.06. The van der Waals surface area contributed by atoms with Gasteiger partial charge in [-0.15, -0.1) is 0 Å².